The lowest BCUT2D eigenvalue weighted by molar-refractivity contribution is 0.0188. The maximum absolute atomic E-state index is 12.1. The van der Waals surface area contributed by atoms with Crippen LogP contribution in [0.3, 0.4) is 0 Å². The molecule has 0 bridgehead atoms. The van der Waals surface area contributed by atoms with E-state index in [2.05, 4.69) is 10.3 Å². The summed E-state index contributed by atoms with van der Waals surface area (Å²) < 4.78 is 6.70. The Hall–Kier alpha value is -1.23. The number of hydrogen-bond donors (Lipinski definition) is 0. The first-order chi connectivity index (χ1) is 6.88. The van der Waals surface area contributed by atoms with Gasteiger partial charge in [0.2, 0.25) is 5.78 Å². The molecule has 1 unspecified atom stereocenters. The molecular formula is C10H17N3O2. The van der Waals surface area contributed by atoms with Crippen LogP contribution in [0.1, 0.15) is 31.3 Å². The minimum Gasteiger partial charge on any atom is -0.373 e. The first-order valence-electron chi connectivity index (χ1n) is 4.79. The van der Waals surface area contributed by atoms with Gasteiger partial charge >= 0.3 is 0 Å². The number of methoxy groups -OCH3 is 1. The van der Waals surface area contributed by atoms with E-state index in [1.54, 1.807) is 7.05 Å². The van der Waals surface area contributed by atoms with Crippen LogP contribution in [0.5, 0.6) is 0 Å². The van der Waals surface area contributed by atoms with Crippen LogP contribution in [0, 0.1) is 5.41 Å². The molecule has 0 amide bonds. The molecule has 0 aliphatic rings. The predicted octanol–water partition coefficient (Wildman–Crippen LogP) is 1.06. The van der Waals surface area contributed by atoms with Crippen LogP contribution in [0.4, 0.5) is 0 Å². The quantitative estimate of drug-likeness (QED) is 0.701. The Morgan fingerprint density at radius 1 is 1.53 bits per heavy atom. The number of carbonyl (C=O) groups is 1. The van der Waals surface area contributed by atoms with E-state index >= 15 is 0 Å². The Morgan fingerprint density at radius 3 is 2.47 bits per heavy atom. The highest BCUT2D eigenvalue weighted by atomic mass is 16.5. The topological polar surface area (TPSA) is 57.0 Å². The normalized spacial score (nSPS) is 13.9. The Kier molecular flexibility index (Phi) is 3.24. The van der Waals surface area contributed by atoms with Crippen LogP contribution in [0.15, 0.2) is 6.20 Å². The lowest BCUT2D eigenvalue weighted by Gasteiger charge is -2.27. The number of hydrogen-bond acceptors (Lipinski definition) is 4. The number of carbonyl (C=O) groups excluding carboxylic acids is 1. The van der Waals surface area contributed by atoms with Gasteiger partial charge in [-0.25, -0.2) is 4.68 Å². The average molecular weight is 211 g/mol. The van der Waals surface area contributed by atoms with Gasteiger partial charge in [-0.2, -0.15) is 0 Å². The molecule has 1 atom stereocenters. The summed E-state index contributed by atoms with van der Waals surface area (Å²) >= 11 is 0. The van der Waals surface area contributed by atoms with E-state index in [-0.39, 0.29) is 11.2 Å². The van der Waals surface area contributed by atoms with Crippen LogP contribution >= 0.6 is 0 Å². The van der Waals surface area contributed by atoms with Gasteiger partial charge in [0.25, 0.3) is 0 Å². The van der Waals surface area contributed by atoms with Crippen LogP contribution in [0.2, 0.25) is 0 Å². The number of ketones is 1. The molecule has 0 aliphatic carbocycles. The van der Waals surface area contributed by atoms with Gasteiger partial charge in [0.05, 0.1) is 6.20 Å². The number of aromatic nitrogens is 3. The predicted molar refractivity (Wildman–Crippen MR) is 55.6 cm³/mol. The van der Waals surface area contributed by atoms with Crippen molar-refractivity contribution < 1.29 is 9.53 Å². The summed E-state index contributed by atoms with van der Waals surface area (Å²) in [6.07, 6.45) is 0.981. The first kappa shape index (κ1) is 11.8. The third kappa shape index (κ3) is 2.41. The van der Waals surface area contributed by atoms with Crippen molar-refractivity contribution in [3.05, 3.63) is 11.9 Å². The zero-order chi connectivity index (χ0) is 11.6. The summed E-state index contributed by atoms with van der Waals surface area (Å²) in [5.74, 6) is -0.0856. The van der Waals surface area contributed by atoms with E-state index in [4.69, 9.17) is 4.74 Å². The van der Waals surface area contributed by atoms with Crippen LogP contribution < -0.4 is 0 Å². The van der Waals surface area contributed by atoms with E-state index in [0.717, 1.165) is 0 Å². The van der Waals surface area contributed by atoms with Crippen molar-refractivity contribution in [2.75, 3.05) is 7.11 Å². The molecule has 5 nitrogen and oxygen atoms in total. The highest BCUT2D eigenvalue weighted by molar-refractivity contribution is 5.98. The van der Waals surface area contributed by atoms with E-state index in [1.165, 1.54) is 18.0 Å². The lowest BCUT2D eigenvalue weighted by Crippen LogP contribution is -2.37. The van der Waals surface area contributed by atoms with Gasteiger partial charge in [0.1, 0.15) is 11.8 Å². The molecule has 5 heteroatoms. The third-order valence-corrected chi connectivity index (χ3v) is 2.23. The molecular weight excluding hydrogens is 194 g/mol. The molecule has 1 aromatic heterocycles. The standard InChI is InChI=1S/C10H17N3O2/c1-10(2,3)9(15-5)8(14)7-6-11-12-13(7)4/h6,9H,1-5H3. The lowest BCUT2D eigenvalue weighted by atomic mass is 9.85. The van der Waals surface area contributed by atoms with Crippen LogP contribution in [0.25, 0.3) is 0 Å². The van der Waals surface area contributed by atoms with Gasteiger partial charge in [-0.3, -0.25) is 4.79 Å². The number of Topliss-reactive ketones (excluding diaryl/α,β-unsaturated/α-hetero) is 1. The molecule has 0 N–H and O–H groups in total. The van der Waals surface area contributed by atoms with Gasteiger partial charge < -0.3 is 4.74 Å². The summed E-state index contributed by atoms with van der Waals surface area (Å²) in [5.41, 5.74) is 0.229. The minimum absolute atomic E-state index is 0.0856. The monoisotopic (exact) mass is 211 g/mol. The Morgan fingerprint density at radius 2 is 2.13 bits per heavy atom. The third-order valence-electron chi connectivity index (χ3n) is 2.23. The fraction of sp³-hybridized carbons (Fsp3) is 0.700. The maximum Gasteiger partial charge on any atom is 0.211 e. The van der Waals surface area contributed by atoms with Crippen molar-refractivity contribution in [1.29, 1.82) is 0 Å². The highest BCUT2D eigenvalue weighted by Crippen LogP contribution is 2.24. The number of ether oxygens (including phenoxy) is 1. The summed E-state index contributed by atoms with van der Waals surface area (Å²) in [7, 11) is 3.23. The van der Waals surface area contributed by atoms with Crippen molar-refractivity contribution in [3.8, 4) is 0 Å². The smallest absolute Gasteiger partial charge is 0.211 e. The van der Waals surface area contributed by atoms with Gasteiger partial charge in [-0.05, 0) is 5.41 Å². The SMILES string of the molecule is COC(C(=O)c1cnnn1C)C(C)(C)C. The number of nitrogens with zero attached hydrogens (tertiary/aromatic N) is 3. The summed E-state index contributed by atoms with van der Waals surface area (Å²) in [6, 6.07) is 0. The average Bonchev–Trinajstić information content (AvgIpc) is 2.49. The van der Waals surface area contributed by atoms with E-state index in [9.17, 15) is 4.79 Å². The van der Waals surface area contributed by atoms with Gasteiger partial charge in [0, 0.05) is 14.2 Å². The summed E-state index contributed by atoms with van der Waals surface area (Å²) in [6.45, 7) is 5.88. The van der Waals surface area contributed by atoms with Crippen LogP contribution in [-0.4, -0.2) is 34.0 Å². The highest BCUT2D eigenvalue weighted by Gasteiger charge is 2.33. The van der Waals surface area contributed by atoms with Crippen molar-refractivity contribution in [3.63, 3.8) is 0 Å². The van der Waals surface area contributed by atoms with Gasteiger partial charge in [0.15, 0.2) is 0 Å². The fourth-order valence-electron chi connectivity index (χ4n) is 1.50. The van der Waals surface area contributed by atoms with E-state index in [1.807, 2.05) is 20.8 Å². The molecule has 0 saturated heterocycles. The molecule has 1 heterocycles. The number of rotatable bonds is 3. The zero-order valence-corrected chi connectivity index (χ0v) is 9.81. The number of aryl methyl sites for hydroxylation is 1. The molecule has 1 aromatic rings. The van der Waals surface area contributed by atoms with Crippen LogP contribution in [-0.2, 0) is 11.8 Å². The molecule has 1 rings (SSSR count). The largest absolute Gasteiger partial charge is 0.373 e. The first-order valence-corrected chi connectivity index (χ1v) is 4.79. The molecule has 0 spiro atoms. The van der Waals surface area contributed by atoms with Gasteiger partial charge in [-0.1, -0.05) is 26.0 Å². The van der Waals surface area contributed by atoms with Crippen molar-refractivity contribution in [2.45, 2.75) is 26.9 Å². The van der Waals surface area contributed by atoms with Crippen molar-refractivity contribution >= 4 is 5.78 Å². The zero-order valence-electron chi connectivity index (χ0n) is 9.81. The molecule has 0 fully saturated rings. The molecule has 0 radical (unpaired) electrons. The van der Waals surface area contributed by atoms with E-state index < -0.39 is 6.10 Å². The minimum atomic E-state index is -0.477. The second-order valence-corrected chi connectivity index (χ2v) is 4.59. The summed E-state index contributed by atoms with van der Waals surface area (Å²) in [5, 5.41) is 7.40. The Balaban J connectivity index is 2.98. The second-order valence-electron chi connectivity index (χ2n) is 4.59. The molecule has 15 heavy (non-hydrogen) atoms. The van der Waals surface area contributed by atoms with Crippen molar-refractivity contribution in [1.82, 2.24) is 15.0 Å². The Bertz CT molecular complexity index is 352. The van der Waals surface area contributed by atoms with Gasteiger partial charge in [-0.15, -0.1) is 5.10 Å². The van der Waals surface area contributed by atoms with E-state index in [0.29, 0.717) is 5.69 Å². The summed E-state index contributed by atoms with van der Waals surface area (Å²) in [4.78, 5) is 12.1. The second kappa shape index (κ2) is 4.10. The molecule has 0 aliphatic heterocycles. The Labute approximate surface area is 89.4 Å². The molecule has 0 aromatic carbocycles. The fourth-order valence-corrected chi connectivity index (χ4v) is 1.50. The van der Waals surface area contributed by atoms with Crippen molar-refractivity contribution in [2.24, 2.45) is 12.5 Å². The molecule has 0 saturated carbocycles. The molecule has 84 valence electrons. The maximum atomic E-state index is 12.1.